The lowest BCUT2D eigenvalue weighted by molar-refractivity contribution is 0.0949. The van der Waals surface area contributed by atoms with E-state index in [9.17, 15) is 13.2 Å². The van der Waals surface area contributed by atoms with Crippen LogP contribution in [0.25, 0.3) is 0 Å². The highest BCUT2D eigenvalue weighted by Gasteiger charge is 2.24. The molecule has 1 amide bonds. The van der Waals surface area contributed by atoms with E-state index in [4.69, 9.17) is 14.2 Å². The predicted octanol–water partition coefficient (Wildman–Crippen LogP) is 1.26. The summed E-state index contributed by atoms with van der Waals surface area (Å²) in [6.45, 7) is 2.46. The van der Waals surface area contributed by atoms with Gasteiger partial charge in [-0.3, -0.25) is 9.10 Å². The van der Waals surface area contributed by atoms with E-state index in [0.717, 1.165) is 4.31 Å². The number of anilines is 1. The summed E-state index contributed by atoms with van der Waals surface area (Å²) in [5.74, 6) is 0.194. The van der Waals surface area contributed by atoms with Crippen LogP contribution in [-0.4, -0.2) is 61.6 Å². The smallest absolute Gasteiger partial charge is 0.253 e. The number of nitrogens with zero attached hydrogens (tertiary/aromatic N) is 1. The summed E-state index contributed by atoms with van der Waals surface area (Å²) < 4.78 is 40.9. The van der Waals surface area contributed by atoms with Crippen LogP contribution >= 0.6 is 0 Å². The molecule has 0 unspecified atom stereocenters. The summed E-state index contributed by atoms with van der Waals surface area (Å²) in [4.78, 5) is 12.5. The van der Waals surface area contributed by atoms with E-state index < -0.39 is 15.9 Å². The molecule has 0 fully saturated rings. The summed E-state index contributed by atoms with van der Waals surface area (Å²) in [5.41, 5.74) is 0.415. The van der Waals surface area contributed by atoms with Crippen LogP contribution in [0.15, 0.2) is 12.1 Å². The SMILES string of the molecule is CCS(=O)(=O)N(C)c1cc(OC)c(OC)cc1C(=O)NCCCOC. The van der Waals surface area contributed by atoms with Gasteiger partial charge in [0.25, 0.3) is 5.91 Å². The number of benzene rings is 1. The Labute approximate surface area is 149 Å². The minimum Gasteiger partial charge on any atom is -0.493 e. The number of sulfonamides is 1. The number of hydrogen-bond donors (Lipinski definition) is 1. The van der Waals surface area contributed by atoms with Gasteiger partial charge < -0.3 is 19.5 Å². The maximum atomic E-state index is 12.5. The molecule has 1 rings (SSSR count). The maximum absolute atomic E-state index is 12.5. The van der Waals surface area contributed by atoms with Crippen molar-refractivity contribution in [3.63, 3.8) is 0 Å². The molecule has 0 heterocycles. The van der Waals surface area contributed by atoms with Crippen molar-refractivity contribution in [2.45, 2.75) is 13.3 Å². The molecule has 1 aromatic carbocycles. The molecule has 0 aliphatic carbocycles. The quantitative estimate of drug-likeness (QED) is 0.620. The number of carbonyl (C=O) groups excluding carboxylic acids is 1. The van der Waals surface area contributed by atoms with Crippen molar-refractivity contribution < 1.29 is 27.4 Å². The van der Waals surface area contributed by atoms with Crippen LogP contribution in [0.5, 0.6) is 11.5 Å². The molecule has 0 saturated heterocycles. The second kappa shape index (κ2) is 9.47. The first kappa shape index (κ1) is 21.0. The monoisotopic (exact) mass is 374 g/mol. The number of ether oxygens (including phenoxy) is 3. The number of methoxy groups -OCH3 is 3. The Kier molecular flexibility index (Phi) is 7.98. The molecule has 0 aromatic heterocycles. The van der Waals surface area contributed by atoms with Gasteiger partial charge >= 0.3 is 0 Å². The third kappa shape index (κ3) is 5.23. The third-order valence-electron chi connectivity index (χ3n) is 3.68. The highest BCUT2D eigenvalue weighted by Crippen LogP contribution is 2.35. The molecule has 1 aromatic rings. The van der Waals surface area contributed by atoms with E-state index in [1.54, 1.807) is 7.11 Å². The van der Waals surface area contributed by atoms with Gasteiger partial charge in [-0.05, 0) is 19.4 Å². The number of carbonyl (C=O) groups is 1. The average molecular weight is 374 g/mol. The fraction of sp³-hybridized carbons (Fsp3) is 0.562. The molecule has 9 heteroatoms. The molecular weight excluding hydrogens is 348 g/mol. The van der Waals surface area contributed by atoms with Crippen molar-refractivity contribution in [1.29, 1.82) is 0 Å². The van der Waals surface area contributed by atoms with E-state index in [1.807, 2.05) is 0 Å². The lowest BCUT2D eigenvalue weighted by atomic mass is 10.1. The Bertz CT molecular complexity index is 690. The second-order valence-corrected chi connectivity index (χ2v) is 7.48. The molecule has 1 N–H and O–H groups in total. The van der Waals surface area contributed by atoms with Gasteiger partial charge in [0.15, 0.2) is 11.5 Å². The van der Waals surface area contributed by atoms with Crippen LogP contribution in [0.1, 0.15) is 23.7 Å². The lowest BCUT2D eigenvalue weighted by Gasteiger charge is -2.23. The Hall–Kier alpha value is -2.00. The summed E-state index contributed by atoms with van der Waals surface area (Å²) in [7, 11) is 2.34. The Morgan fingerprint density at radius 2 is 1.76 bits per heavy atom. The van der Waals surface area contributed by atoms with Gasteiger partial charge in [0.2, 0.25) is 10.0 Å². The third-order valence-corrected chi connectivity index (χ3v) is 5.44. The Balaban J connectivity index is 3.30. The largest absolute Gasteiger partial charge is 0.493 e. The zero-order chi connectivity index (χ0) is 19.0. The van der Waals surface area contributed by atoms with E-state index >= 15 is 0 Å². The molecule has 0 spiro atoms. The number of hydrogen-bond acceptors (Lipinski definition) is 6. The van der Waals surface area contributed by atoms with Crippen molar-refractivity contribution in [3.8, 4) is 11.5 Å². The lowest BCUT2D eigenvalue weighted by Crippen LogP contribution is -2.32. The van der Waals surface area contributed by atoms with Crippen LogP contribution in [-0.2, 0) is 14.8 Å². The van der Waals surface area contributed by atoms with Gasteiger partial charge in [-0.1, -0.05) is 0 Å². The van der Waals surface area contributed by atoms with E-state index in [1.165, 1.54) is 40.3 Å². The van der Waals surface area contributed by atoms with Crippen LogP contribution in [0.2, 0.25) is 0 Å². The summed E-state index contributed by atoms with van der Waals surface area (Å²) in [5, 5.41) is 2.75. The van der Waals surface area contributed by atoms with Gasteiger partial charge in [-0.15, -0.1) is 0 Å². The zero-order valence-corrected chi connectivity index (χ0v) is 16.1. The van der Waals surface area contributed by atoms with Crippen LogP contribution < -0.4 is 19.1 Å². The fourth-order valence-electron chi connectivity index (χ4n) is 2.17. The molecular formula is C16H26N2O6S. The van der Waals surface area contributed by atoms with Crippen LogP contribution in [0.4, 0.5) is 5.69 Å². The molecule has 0 aliphatic rings. The van der Waals surface area contributed by atoms with Gasteiger partial charge in [0, 0.05) is 33.4 Å². The van der Waals surface area contributed by atoms with Crippen LogP contribution in [0.3, 0.4) is 0 Å². The second-order valence-electron chi connectivity index (χ2n) is 5.19. The molecule has 0 aliphatic heterocycles. The highest BCUT2D eigenvalue weighted by atomic mass is 32.2. The number of amides is 1. The average Bonchev–Trinajstić information content (AvgIpc) is 2.63. The fourth-order valence-corrected chi connectivity index (χ4v) is 3.01. The highest BCUT2D eigenvalue weighted by molar-refractivity contribution is 7.92. The van der Waals surface area contributed by atoms with Crippen molar-refractivity contribution >= 4 is 21.6 Å². The maximum Gasteiger partial charge on any atom is 0.253 e. The normalized spacial score (nSPS) is 11.1. The van der Waals surface area contributed by atoms with E-state index in [2.05, 4.69) is 5.32 Å². The summed E-state index contributed by atoms with van der Waals surface area (Å²) in [6, 6.07) is 2.96. The Morgan fingerprint density at radius 3 is 2.28 bits per heavy atom. The van der Waals surface area contributed by atoms with Gasteiger partial charge in [0.05, 0.1) is 31.2 Å². The minimum atomic E-state index is -3.54. The Morgan fingerprint density at radius 1 is 1.16 bits per heavy atom. The van der Waals surface area contributed by atoms with Crippen LogP contribution in [0, 0.1) is 0 Å². The first-order valence-corrected chi connectivity index (χ1v) is 9.43. The van der Waals surface area contributed by atoms with Crippen molar-refractivity contribution in [3.05, 3.63) is 17.7 Å². The predicted molar refractivity (Wildman–Crippen MR) is 96.2 cm³/mol. The topological polar surface area (TPSA) is 94.2 Å². The first-order chi connectivity index (χ1) is 11.8. The van der Waals surface area contributed by atoms with Gasteiger partial charge in [-0.2, -0.15) is 0 Å². The number of nitrogens with one attached hydrogen (secondary N) is 1. The summed E-state index contributed by atoms with van der Waals surface area (Å²) in [6.07, 6.45) is 0.647. The van der Waals surface area contributed by atoms with E-state index in [0.29, 0.717) is 31.1 Å². The van der Waals surface area contributed by atoms with Crippen molar-refractivity contribution in [1.82, 2.24) is 5.32 Å². The molecule has 142 valence electrons. The van der Waals surface area contributed by atoms with Gasteiger partial charge in [0.1, 0.15) is 0 Å². The first-order valence-electron chi connectivity index (χ1n) is 7.82. The minimum absolute atomic E-state index is 0.0905. The summed E-state index contributed by atoms with van der Waals surface area (Å²) >= 11 is 0. The standard InChI is InChI=1S/C16H26N2O6S/c1-6-25(20,21)18(2)13-11-15(24-5)14(23-4)10-12(13)16(19)17-8-7-9-22-3/h10-11H,6-9H2,1-5H3,(H,17,19). The molecule has 8 nitrogen and oxygen atoms in total. The molecule has 0 radical (unpaired) electrons. The molecule has 25 heavy (non-hydrogen) atoms. The van der Waals surface area contributed by atoms with Crippen molar-refractivity contribution in [2.24, 2.45) is 0 Å². The zero-order valence-electron chi connectivity index (χ0n) is 15.3. The van der Waals surface area contributed by atoms with E-state index in [-0.39, 0.29) is 17.0 Å². The molecule has 0 bridgehead atoms. The van der Waals surface area contributed by atoms with Crippen molar-refractivity contribution in [2.75, 3.05) is 51.6 Å². The number of rotatable bonds is 10. The van der Waals surface area contributed by atoms with Gasteiger partial charge in [-0.25, -0.2) is 8.42 Å². The molecule has 0 atom stereocenters. The molecule has 0 saturated carbocycles.